The molecule has 7 nitrogen and oxygen atoms in total. The zero-order chi connectivity index (χ0) is 35.4. The van der Waals surface area contributed by atoms with E-state index in [4.69, 9.17) is 9.47 Å². The van der Waals surface area contributed by atoms with Gasteiger partial charge in [-0.1, -0.05) is 87.4 Å². The number of hydrogen-bond donors (Lipinski definition) is 2. The number of carbonyl (C=O) groups is 1. The maximum absolute atomic E-state index is 14.2. The van der Waals surface area contributed by atoms with Gasteiger partial charge < -0.3 is 29.9 Å². The van der Waals surface area contributed by atoms with Crippen molar-refractivity contribution in [2.24, 2.45) is 0 Å². The van der Waals surface area contributed by atoms with E-state index in [-0.39, 0.29) is 5.97 Å². The maximum Gasteiger partial charge on any atom is 0.342 e. The SMILES string of the molecule is CCCCN(CCCC)c1ccccc1Nc1ccc(N(CC)CC)cc1Nc1cccc2c1C(=O)OC21c2ccccc2Oc2ccccc21. The molecule has 5 aromatic carbocycles. The molecular formula is C44H48N4O3. The minimum absolute atomic E-state index is 0.373. The quantitative estimate of drug-likeness (QED) is 0.113. The molecule has 1 spiro atoms. The topological polar surface area (TPSA) is 66.1 Å². The second kappa shape index (κ2) is 14.8. The molecule has 0 bridgehead atoms. The smallest absolute Gasteiger partial charge is 0.342 e. The van der Waals surface area contributed by atoms with Crippen LogP contribution in [-0.4, -0.2) is 32.1 Å². The largest absolute Gasteiger partial charge is 0.456 e. The number of carbonyl (C=O) groups excluding carboxylic acids is 1. The van der Waals surface area contributed by atoms with Gasteiger partial charge in [0.15, 0.2) is 5.60 Å². The van der Waals surface area contributed by atoms with Crippen LogP contribution >= 0.6 is 0 Å². The zero-order valence-electron chi connectivity index (χ0n) is 30.2. The Morgan fingerprint density at radius 1 is 0.588 bits per heavy atom. The van der Waals surface area contributed by atoms with Crippen LogP contribution in [0, 0.1) is 0 Å². The Morgan fingerprint density at radius 2 is 1.18 bits per heavy atom. The lowest BCUT2D eigenvalue weighted by atomic mass is 9.77. The number of benzene rings is 5. The molecule has 0 radical (unpaired) electrons. The van der Waals surface area contributed by atoms with E-state index in [2.05, 4.69) is 90.6 Å². The van der Waals surface area contributed by atoms with E-state index in [1.165, 1.54) is 5.69 Å². The molecule has 7 rings (SSSR count). The van der Waals surface area contributed by atoms with Crippen molar-refractivity contribution >= 4 is 40.1 Å². The minimum atomic E-state index is -1.13. The van der Waals surface area contributed by atoms with Gasteiger partial charge in [0.2, 0.25) is 0 Å². The summed E-state index contributed by atoms with van der Waals surface area (Å²) in [5.74, 6) is 0.986. The molecule has 0 saturated carbocycles. The standard InChI is InChI=1S/C44H48N4O3/c1-5-9-28-48(29-10-6-2)39-23-14-13-21-36(39)45-35-27-26-31(47(7-3)8-4)30-38(35)46-37-22-17-20-34-42(37)43(49)51-44(34)32-18-11-15-24-40(32)50-41-25-16-12-19-33(41)44/h11-27,30,45-46H,5-10,28-29H2,1-4H3. The molecular weight excluding hydrogens is 633 g/mol. The van der Waals surface area contributed by atoms with E-state index in [0.717, 1.165) is 91.3 Å². The molecule has 2 aliphatic heterocycles. The van der Waals surface area contributed by atoms with Crippen LogP contribution in [0.5, 0.6) is 11.5 Å². The Balaban J connectivity index is 1.33. The molecule has 0 aromatic heterocycles. The minimum Gasteiger partial charge on any atom is -0.456 e. The van der Waals surface area contributed by atoms with Crippen molar-refractivity contribution in [2.45, 2.75) is 59.0 Å². The first-order valence-electron chi connectivity index (χ1n) is 18.5. The lowest BCUT2D eigenvalue weighted by Crippen LogP contribution is -2.32. The Labute approximate surface area is 302 Å². The highest BCUT2D eigenvalue weighted by Gasteiger charge is 2.54. The summed E-state index contributed by atoms with van der Waals surface area (Å²) in [6.07, 6.45) is 4.57. The van der Waals surface area contributed by atoms with Gasteiger partial charge in [0.25, 0.3) is 0 Å². The fourth-order valence-corrected chi connectivity index (χ4v) is 7.50. The van der Waals surface area contributed by atoms with Crippen molar-refractivity contribution in [3.05, 3.63) is 131 Å². The van der Waals surface area contributed by atoms with E-state index < -0.39 is 5.60 Å². The normalized spacial score (nSPS) is 13.5. The summed E-state index contributed by atoms with van der Waals surface area (Å²) in [4.78, 5) is 19.0. The summed E-state index contributed by atoms with van der Waals surface area (Å²) in [5.41, 5.74) is 7.65. The molecule has 2 heterocycles. The molecule has 0 amide bonds. The molecule has 0 fully saturated rings. The predicted molar refractivity (Wildman–Crippen MR) is 210 cm³/mol. The van der Waals surface area contributed by atoms with Crippen molar-refractivity contribution in [1.82, 2.24) is 0 Å². The van der Waals surface area contributed by atoms with Crippen molar-refractivity contribution < 1.29 is 14.3 Å². The molecule has 2 aliphatic rings. The Hall–Kier alpha value is -5.43. The lowest BCUT2D eigenvalue weighted by Gasteiger charge is -2.36. The van der Waals surface area contributed by atoms with Gasteiger partial charge in [0.05, 0.1) is 34.0 Å². The van der Waals surface area contributed by atoms with Crippen LogP contribution in [0.4, 0.5) is 34.1 Å². The van der Waals surface area contributed by atoms with Crippen LogP contribution in [0.25, 0.3) is 0 Å². The van der Waals surface area contributed by atoms with Gasteiger partial charge in [-0.15, -0.1) is 0 Å². The van der Waals surface area contributed by atoms with Gasteiger partial charge >= 0.3 is 5.97 Å². The molecule has 0 unspecified atom stereocenters. The summed E-state index contributed by atoms with van der Waals surface area (Å²) in [7, 11) is 0. The van der Waals surface area contributed by atoms with Gasteiger partial charge in [0.1, 0.15) is 11.5 Å². The number of fused-ring (bicyclic) bond motifs is 6. The second-order valence-corrected chi connectivity index (χ2v) is 13.3. The third kappa shape index (κ3) is 6.26. The number of hydrogen-bond acceptors (Lipinski definition) is 7. The number of anilines is 6. The molecule has 7 heteroatoms. The van der Waals surface area contributed by atoms with Gasteiger partial charge in [-0.25, -0.2) is 4.79 Å². The summed E-state index contributed by atoms with van der Waals surface area (Å²) in [5, 5.41) is 7.52. The second-order valence-electron chi connectivity index (χ2n) is 13.3. The van der Waals surface area contributed by atoms with Crippen LogP contribution in [-0.2, 0) is 10.3 Å². The first-order chi connectivity index (χ1) is 25.0. The van der Waals surface area contributed by atoms with Gasteiger partial charge in [-0.2, -0.15) is 0 Å². The number of ether oxygens (including phenoxy) is 2. The van der Waals surface area contributed by atoms with E-state index in [1.54, 1.807) is 0 Å². The van der Waals surface area contributed by atoms with Crippen molar-refractivity contribution in [2.75, 3.05) is 46.6 Å². The summed E-state index contributed by atoms with van der Waals surface area (Å²) < 4.78 is 12.8. The third-order valence-corrected chi connectivity index (χ3v) is 10.1. The van der Waals surface area contributed by atoms with Crippen LogP contribution < -0.4 is 25.2 Å². The molecule has 262 valence electrons. The third-order valence-electron chi connectivity index (χ3n) is 10.1. The average molecular weight is 681 g/mol. The van der Waals surface area contributed by atoms with Gasteiger partial charge in [-0.3, -0.25) is 0 Å². The average Bonchev–Trinajstić information content (AvgIpc) is 3.46. The number of para-hydroxylation sites is 4. The number of nitrogens with zero attached hydrogens (tertiary/aromatic N) is 2. The first-order valence-corrected chi connectivity index (χ1v) is 18.5. The lowest BCUT2D eigenvalue weighted by molar-refractivity contribution is 0.0225. The van der Waals surface area contributed by atoms with Crippen molar-refractivity contribution in [3.63, 3.8) is 0 Å². The van der Waals surface area contributed by atoms with Gasteiger partial charge in [-0.05, 0) is 75.2 Å². The van der Waals surface area contributed by atoms with E-state index >= 15 is 0 Å². The van der Waals surface area contributed by atoms with E-state index in [0.29, 0.717) is 22.7 Å². The molecule has 0 atom stereocenters. The monoisotopic (exact) mass is 680 g/mol. The molecule has 0 saturated heterocycles. The van der Waals surface area contributed by atoms with Gasteiger partial charge in [0, 0.05) is 48.6 Å². The summed E-state index contributed by atoms with van der Waals surface area (Å²) in [6, 6.07) is 36.7. The summed E-state index contributed by atoms with van der Waals surface area (Å²) in [6.45, 7) is 12.6. The Morgan fingerprint density at radius 3 is 1.84 bits per heavy atom. The maximum atomic E-state index is 14.2. The first kappa shape index (κ1) is 34.0. The predicted octanol–water partition coefficient (Wildman–Crippen LogP) is 11.0. The van der Waals surface area contributed by atoms with Crippen LogP contribution in [0.3, 0.4) is 0 Å². The number of rotatable bonds is 14. The number of esters is 1. The number of unbranched alkanes of at least 4 members (excludes halogenated alkanes) is 2. The fourth-order valence-electron chi connectivity index (χ4n) is 7.50. The van der Waals surface area contributed by atoms with Crippen LogP contribution in [0.15, 0.2) is 109 Å². The molecule has 5 aromatic rings. The fraction of sp³-hybridized carbons (Fsp3) is 0.295. The van der Waals surface area contributed by atoms with Crippen molar-refractivity contribution in [3.8, 4) is 11.5 Å². The van der Waals surface area contributed by atoms with Crippen LogP contribution in [0.1, 0.15) is 80.4 Å². The molecule has 2 N–H and O–H groups in total. The molecule has 0 aliphatic carbocycles. The Kier molecular flexibility index (Phi) is 9.89. The van der Waals surface area contributed by atoms with E-state index in [1.807, 2.05) is 66.7 Å². The molecule has 51 heavy (non-hydrogen) atoms. The zero-order valence-corrected chi connectivity index (χ0v) is 30.2. The Bertz CT molecular complexity index is 1970. The van der Waals surface area contributed by atoms with Crippen molar-refractivity contribution in [1.29, 1.82) is 0 Å². The number of nitrogens with one attached hydrogen (secondary N) is 2. The highest BCUT2D eigenvalue weighted by atomic mass is 16.6. The highest BCUT2D eigenvalue weighted by molar-refractivity contribution is 6.03. The van der Waals surface area contributed by atoms with E-state index in [9.17, 15) is 4.79 Å². The highest BCUT2D eigenvalue weighted by Crippen LogP contribution is 2.57. The van der Waals surface area contributed by atoms with Crippen LogP contribution in [0.2, 0.25) is 0 Å². The summed E-state index contributed by atoms with van der Waals surface area (Å²) >= 11 is 0.